The van der Waals surface area contributed by atoms with Gasteiger partial charge in [-0.25, -0.2) is 0 Å². The summed E-state index contributed by atoms with van der Waals surface area (Å²) in [5.74, 6) is 0.447. The van der Waals surface area contributed by atoms with Gasteiger partial charge in [-0.2, -0.15) is 0 Å². The number of ether oxygens (including phenoxy) is 2. The molecular formula is C14H22O4. The molecule has 4 heteroatoms. The van der Waals surface area contributed by atoms with Crippen molar-refractivity contribution in [2.75, 3.05) is 0 Å². The van der Waals surface area contributed by atoms with Crippen LogP contribution in [0.1, 0.15) is 52.9 Å². The maximum atomic E-state index is 11.4. The molecule has 0 fully saturated rings. The Hall–Kier alpha value is -1.58. The fraction of sp³-hybridized carbons (Fsp3) is 0.571. The average molecular weight is 254 g/mol. The highest BCUT2D eigenvalue weighted by Crippen LogP contribution is 2.09. The van der Waals surface area contributed by atoms with Crippen LogP contribution >= 0.6 is 0 Å². The Labute approximate surface area is 109 Å². The molecule has 4 nitrogen and oxygen atoms in total. The van der Waals surface area contributed by atoms with Crippen LogP contribution < -0.4 is 0 Å². The van der Waals surface area contributed by atoms with Crippen LogP contribution in [0.2, 0.25) is 0 Å². The molecule has 0 aromatic carbocycles. The van der Waals surface area contributed by atoms with E-state index in [-0.39, 0.29) is 5.97 Å². The molecule has 0 aliphatic carbocycles. The minimum Gasteiger partial charge on any atom is -0.437 e. The lowest BCUT2D eigenvalue weighted by Crippen LogP contribution is -2.02. The van der Waals surface area contributed by atoms with Crippen molar-refractivity contribution in [3.8, 4) is 0 Å². The average Bonchev–Trinajstić information content (AvgIpc) is 2.33. The number of unbranched alkanes of at least 4 members (excludes halogenated alkanes) is 1. The second-order valence-corrected chi connectivity index (χ2v) is 4.13. The van der Waals surface area contributed by atoms with Gasteiger partial charge >= 0.3 is 5.97 Å². The molecule has 0 radical (unpaired) electrons. The van der Waals surface area contributed by atoms with E-state index in [2.05, 4.69) is 11.7 Å². The van der Waals surface area contributed by atoms with Gasteiger partial charge in [0.15, 0.2) is 0 Å². The lowest BCUT2D eigenvalue weighted by molar-refractivity contribution is -0.139. The molecule has 0 rings (SSSR count). The molecule has 0 N–H and O–H groups in total. The molecule has 0 aromatic rings. The summed E-state index contributed by atoms with van der Waals surface area (Å²) in [6.07, 6.45) is 7.03. The molecule has 0 unspecified atom stereocenters. The van der Waals surface area contributed by atoms with Crippen molar-refractivity contribution in [1.29, 1.82) is 0 Å². The van der Waals surface area contributed by atoms with Gasteiger partial charge in [0.2, 0.25) is 0 Å². The number of carbonyl (C=O) groups excluding carboxylic acids is 2. The maximum Gasteiger partial charge on any atom is 0.310 e. The van der Waals surface area contributed by atoms with Crippen molar-refractivity contribution < 1.29 is 19.1 Å². The SMILES string of the molecule is CCCC=C(C)OC(=O)CCCC(C)=COC=O. The standard InChI is InChI=1S/C14H22O4/c1-4-5-8-13(3)18-14(16)9-6-7-12(2)10-17-11-15/h8,10-11H,4-7,9H2,1-3H3. The van der Waals surface area contributed by atoms with Crippen LogP contribution in [-0.4, -0.2) is 12.4 Å². The lowest BCUT2D eigenvalue weighted by atomic mass is 10.1. The summed E-state index contributed by atoms with van der Waals surface area (Å²) in [4.78, 5) is 21.4. The molecule has 0 spiro atoms. The fourth-order valence-electron chi connectivity index (χ4n) is 1.33. The van der Waals surface area contributed by atoms with E-state index in [1.807, 2.05) is 13.0 Å². The summed E-state index contributed by atoms with van der Waals surface area (Å²) in [5.41, 5.74) is 0.924. The van der Waals surface area contributed by atoms with E-state index in [9.17, 15) is 9.59 Å². The first kappa shape index (κ1) is 16.4. The van der Waals surface area contributed by atoms with Gasteiger partial charge in [0, 0.05) is 6.42 Å². The first-order valence-corrected chi connectivity index (χ1v) is 6.22. The number of hydrogen-bond acceptors (Lipinski definition) is 4. The van der Waals surface area contributed by atoms with Crippen molar-refractivity contribution in [2.45, 2.75) is 52.9 Å². The zero-order valence-corrected chi connectivity index (χ0v) is 11.4. The zero-order chi connectivity index (χ0) is 13.8. The molecule has 0 saturated heterocycles. The number of rotatable bonds is 9. The van der Waals surface area contributed by atoms with Crippen molar-refractivity contribution in [3.63, 3.8) is 0 Å². The third-order valence-corrected chi connectivity index (χ3v) is 2.27. The largest absolute Gasteiger partial charge is 0.437 e. The summed E-state index contributed by atoms with van der Waals surface area (Å²) >= 11 is 0. The molecule has 0 aliphatic heterocycles. The predicted octanol–water partition coefficient (Wildman–Crippen LogP) is 3.48. The van der Waals surface area contributed by atoms with Gasteiger partial charge in [0.1, 0.15) is 5.76 Å². The van der Waals surface area contributed by atoms with Gasteiger partial charge in [-0.05, 0) is 44.8 Å². The topological polar surface area (TPSA) is 52.6 Å². The van der Waals surface area contributed by atoms with Gasteiger partial charge in [0.25, 0.3) is 6.47 Å². The summed E-state index contributed by atoms with van der Waals surface area (Å²) in [6, 6.07) is 0. The number of hydrogen-bond donors (Lipinski definition) is 0. The summed E-state index contributed by atoms with van der Waals surface area (Å²) in [6.45, 7) is 6.08. The molecule has 0 aliphatic rings. The Morgan fingerprint density at radius 2 is 1.94 bits per heavy atom. The van der Waals surface area contributed by atoms with Gasteiger partial charge in [-0.15, -0.1) is 0 Å². The zero-order valence-electron chi connectivity index (χ0n) is 11.4. The van der Waals surface area contributed by atoms with Crippen LogP contribution in [0, 0.1) is 0 Å². The van der Waals surface area contributed by atoms with Crippen LogP contribution in [0.5, 0.6) is 0 Å². The summed E-state index contributed by atoms with van der Waals surface area (Å²) in [5, 5.41) is 0. The van der Waals surface area contributed by atoms with Crippen molar-refractivity contribution in [1.82, 2.24) is 0 Å². The summed E-state index contributed by atoms with van der Waals surface area (Å²) < 4.78 is 9.62. The fourth-order valence-corrected chi connectivity index (χ4v) is 1.33. The van der Waals surface area contributed by atoms with Crippen LogP contribution in [0.3, 0.4) is 0 Å². The van der Waals surface area contributed by atoms with Crippen LogP contribution in [0.15, 0.2) is 23.7 Å². The van der Waals surface area contributed by atoms with E-state index in [4.69, 9.17) is 4.74 Å². The van der Waals surface area contributed by atoms with Crippen molar-refractivity contribution >= 4 is 12.4 Å². The first-order valence-electron chi connectivity index (χ1n) is 6.22. The van der Waals surface area contributed by atoms with E-state index in [1.54, 1.807) is 6.92 Å². The molecule has 0 atom stereocenters. The molecule has 0 aromatic heterocycles. The quantitative estimate of drug-likeness (QED) is 0.359. The monoisotopic (exact) mass is 254 g/mol. The molecule has 18 heavy (non-hydrogen) atoms. The molecule has 0 amide bonds. The van der Waals surface area contributed by atoms with Crippen LogP contribution in [-0.2, 0) is 19.1 Å². The highest BCUT2D eigenvalue weighted by molar-refractivity contribution is 5.70. The number of esters is 1. The Morgan fingerprint density at radius 3 is 2.56 bits per heavy atom. The highest BCUT2D eigenvalue weighted by Gasteiger charge is 2.04. The number of allylic oxidation sites excluding steroid dienone is 3. The number of carbonyl (C=O) groups is 2. The molecular weight excluding hydrogens is 232 g/mol. The van der Waals surface area contributed by atoms with Gasteiger partial charge in [-0.3, -0.25) is 9.59 Å². The second kappa shape index (κ2) is 10.6. The van der Waals surface area contributed by atoms with E-state index < -0.39 is 0 Å². The molecule has 102 valence electrons. The van der Waals surface area contributed by atoms with Crippen LogP contribution in [0.25, 0.3) is 0 Å². The lowest BCUT2D eigenvalue weighted by Gasteiger charge is -2.04. The third-order valence-electron chi connectivity index (χ3n) is 2.27. The maximum absolute atomic E-state index is 11.4. The smallest absolute Gasteiger partial charge is 0.310 e. The van der Waals surface area contributed by atoms with Crippen molar-refractivity contribution in [3.05, 3.63) is 23.7 Å². The van der Waals surface area contributed by atoms with E-state index in [1.165, 1.54) is 6.26 Å². The first-order chi connectivity index (χ1) is 8.60. The highest BCUT2D eigenvalue weighted by atomic mass is 16.5. The third kappa shape index (κ3) is 9.63. The Kier molecular flexibility index (Phi) is 9.64. The Balaban J connectivity index is 3.80. The molecule has 0 saturated carbocycles. The second-order valence-electron chi connectivity index (χ2n) is 4.13. The van der Waals surface area contributed by atoms with Gasteiger partial charge in [-0.1, -0.05) is 13.3 Å². The van der Waals surface area contributed by atoms with E-state index in [0.29, 0.717) is 31.5 Å². The minimum absolute atomic E-state index is 0.219. The minimum atomic E-state index is -0.219. The summed E-state index contributed by atoms with van der Waals surface area (Å²) in [7, 11) is 0. The van der Waals surface area contributed by atoms with Gasteiger partial charge < -0.3 is 9.47 Å². The van der Waals surface area contributed by atoms with E-state index >= 15 is 0 Å². The Bertz CT molecular complexity index is 316. The van der Waals surface area contributed by atoms with E-state index in [0.717, 1.165) is 18.4 Å². The normalized spacial score (nSPS) is 12.2. The van der Waals surface area contributed by atoms with Crippen LogP contribution in [0.4, 0.5) is 0 Å². The predicted molar refractivity (Wildman–Crippen MR) is 69.5 cm³/mol. The van der Waals surface area contributed by atoms with Crippen molar-refractivity contribution in [2.24, 2.45) is 0 Å². The molecule has 0 bridgehead atoms. The Morgan fingerprint density at radius 1 is 1.22 bits per heavy atom. The molecule has 0 heterocycles. The van der Waals surface area contributed by atoms with Gasteiger partial charge in [0.05, 0.1) is 6.26 Å².